The summed E-state index contributed by atoms with van der Waals surface area (Å²) in [6.07, 6.45) is 5.48. The van der Waals surface area contributed by atoms with Gasteiger partial charge in [-0.15, -0.1) is 6.58 Å². The Labute approximate surface area is 217 Å². The lowest BCUT2D eigenvalue weighted by Crippen LogP contribution is -2.81. The predicted molar refractivity (Wildman–Crippen MR) is 141 cm³/mol. The largest absolute Gasteiger partial charge is 0.453 e. The first-order valence-electron chi connectivity index (χ1n) is 13.3. The van der Waals surface area contributed by atoms with Crippen molar-refractivity contribution in [2.24, 2.45) is 10.8 Å². The fourth-order valence-corrected chi connectivity index (χ4v) is 9.42. The number of unbranched alkanes of at least 4 members (excludes halogenated alkanes) is 1. The number of aliphatic hydroxyl groups is 2. The summed E-state index contributed by atoms with van der Waals surface area (Å²) in [5.74, 6) is -1.23. The van der Waals surface area contributed by atoms with Gasteiger partial charge >= 0.3 is 5.97 Å². The van der Waals surface area contributed by atoms with Crippen LogP contribution in [0.1, 0.15) is 73.6 Å². The average molecular weight is 523 g/mol. The Kier molecular flexibility index (Phi) is 7.68. The highest BCUT2D eigenvalue weighted by molar-refractivity contribution is 6.71. The van der Waals surface area contributed by atoms with Gasteiger partial charge in [0.2, 0.25) is 0 Å². The van der Waals surface area contributed by atoms with Crippen LogP contribution in [0, 0.1) is 10.8 Å². The molecule has 0 bridgehead atoms. The van der Waals surface area contributed by atoms with E-state index < -0.39 is 55.3 Å². The van der Waals surface area contributed by atoms with Gasteiger partial charge in [-0.05, 0) is 57.3 Å². The molecule has 36 heavy (non-hydrogen) atoms. The average Bonchev–Trinajstić information content (AvgIpc) is 2.78. The van der Waals surface area contributed by atoms with Crippen molar-refractivity contribution in [3.05, 3.63) is 24.3 Å². The fraction of sp³-hybridized carbons (Fsp3) is 0.786. The summed E-state index contributed by atoms with van der Waals surface area (Å²) in [4.78, 5) is 26.5. The molecule has 1 saturated carbocycles. The second kappa shape index (κ2) is 9.45. The predicted octanol–water partition coefficient (Wildman–Crippen LogP) is 4.47. The Bertz CT molecular complexity index is 942. The van der Waals surface area contributed by atoms with E-state index in [0.29, 0.717) is 6.42 Å². The number of hydrogen-bond acceptors (Lipinski definition) is 7. The zero-order valence-electron chi connectivity index (χ0n) is 23.4. The number of aliphatic hydroxyl groups excluding tert-OH is 1. The third kappa shape index (κ3) is 4.36. The number of esters is 1. The van der Waals surface area contributed by atoms with Crippen LogP contribution in [0.3, 0.4) is 0 Å². The number of ether oxygens (including phenoxy) is 2. The normalized spacial score (nSPS) is 40.1. The third-order valence-electron chi connectivity index (χ3n) is 9.07. The molecule has 1 heterocycles. The van der Waals surface area contributed by atoms with Gasteiger partial charge in [-0.1, -0.05) is 52.2 Å². The van der Waals surface area contributed by atoms with E-state index in [9.17, 15) is 19.8 Å². The van der Waals surface area contributed by atoms with Crippen LogP contribution >= 0.6 is 0 Å². The molecule has 2 fully saturated rings. The van der Waals surface area contributed by atoms with Crippen LogP contribution in [0.4, 0.5) is 0 Å². The maximum atomic E-state index is 14.1. The first-order chi connectivity index (χ1) is 16.5. The molecule has 6 atom stereocenters. The van der Waals surface area contributed by atoms with Crippen molar-refractivity contribution < 1.29 is 33.7 Å². The van der Waals surface area contributed by atoms with Crippen LogP contribution in [-0.2, 0) is 23.5 Å². The first-order valence-corrected chi connectivity index (χ1v) is 16.4. The second-order valence-corrected chi connectivity index (χ2v) is 17.0. The van der Waals surface area contributed by atoms with Crippen LogP contribution in [0.25, 0.3) is 0 Å². The van der Waals surface area contributed by atoms with Crippen LogP contribution in [0.15, 0.2) is 24.3 Å². The molecule has 0 aromatic carbocycles. The Hall–Kier alpha value is -1.32. The van der Waals surface area contributed by atoms with Crippen molar-refractivity contribution >= 4 is 20.1 Å². The molecule has 8 heteroatoms. The van der Waals surface area contributed by atoms with Crippen LogP contribution in [0.2, 0.25) is 19.1 Å². The smallest absolute Gasteiger partial charge is 0.332 e. The molecule has 0 amide bonds. The number of carbonyl (C=O) groups excluding carboxylic acids is 2. The molecule has 0 aromatic heterocycles. The quantitative estimate of drug-likeness (QED) is 0.275. The first kappa shape index (κ1) is 29.2. The van der Waals surface area contributed by atoms with Crippen LogP contribution in [-0.4, -0.2) is 65.9 Å². The fourth-order valence-electron chi connectivity index (χ4n) is 6.98. The van der Waals surface area contributed by atoms with Gasteiger partial charge in [0.15, 0.2) is 25.8 Å². The zero-order valence-corrected chi connectivity index (χ0v) is 24.4. The van der Waals surface area contributed by atoms with Crippen molar-refractivity contribution in [2.75, 3.05) is 6.61 Å². The maximum Gasteiger partial charge on any atom is 0.332 e. The van der Waals surface area contributed by atoms with E-state index in [4.69, 9.17) is 13.9 Å². The molecule has 3 aliphatic rings. The van der Waals surface area contributed by atoms with E-state index in [1.807, 2.05) is 13.0 Å². The van der Waals surface area contributed by atoms with E-state index in [1.54, 1.807) is 19.9 Å². The van der Waals surface area contributed by atoms with Crippen molar-refractivity contribution in [1.29, 1.82) is 0 Å². The summed E-state index contributed by atoms with van der Waals surface area (Å²) < 4.78 is 19.1. The van der Waals surface area contributed by atoms with E-state index in [0.717, 1.165) is 30.9 Å². The minimum absolute atomic E-state index is 0.0596. The summed E-state index contributed by atoms with van der Waals surface area (Å²) in [7, 11) is -2.13. The van der Waals surface area contributed by atoms with Crippen LogP contribution < -0.4 is 0 Å². The number of Topliss-reactive ketones (excluding diaryl/α,β-unsaturated/α-hetero) is 1. The standard InChI is InChI=1S/C28H46O7Si/c1-10-12-15-36(8,9)34-21-13-14-24(3,4)19-16-22(33-23(31)18-29)27(7)28(32,26(19,21)6)20(30)17-25(5,11-2)35-27/h11,16,21-22,29,32H,2,10,12-15,17-18H2,1,3-9H3/t21?,22-,25-,26+,27+,28-/m0/s1. The third-order valence-corrected chi connectivity index (χ3v) is 11.5. The molecule has 1 unspecified atom stereocenters. The molecule has 2 N–H and O–H groups in total. The number of rotatable bonds is 8. The Morgan fingerprint density at radius 1 is 1.28 bits per heavy atom. The molecular formula is C28H46O7Si. The number of carbonyl (C=O) groups is 2. The van der Waals surface area contributed by atoms with Crippen molar-refractivity contribution in [2.45, 2.75) is 122 Å². The van der Waals surface area contributed by atoms with Gasteiger partial charge in [-0.25, -0.2) is 4.79 Å². The molecule has 1 aliphatic heterocycles. The molecule has 204 valence electrons. The summed E-state index contributed by atoms with van der Waals surface area (Å²) in [5.41, 5.74) is -5.38. The lowest BCUT2D eigenvalue weighted by atomic mass is 9.44. The molecule has 7 nitrogen and oxygen atoms in total. The Morgan fingerprint density at radius 3 is 2.47 bits per heavy atom. The van der Waals surface area contributed by atoms with Crippen molar-refractivity contribution in [3.63, 3.8) is 0 Å². The number of ketones is 1. The van der Waals surface area contributed by atoms with Gasteiger partial charge in [0, 0.05) is 6.42 Å². The van der Waals surface area contributed by atoms with E-state index >= 15 is 0 Å². The molecule has 3 rings (SSSR count). The molecular weight excluding hydrogens is 476 g/mol. The maximum absolute atomic E-state index is 14.1. The Balaban J connectivity index is 2.27. The highest BCUT2D eigenvalue weighted by atomic mass is 28.4. The van der Waals surface area contributed by atoms with Crippen LogP contribution in [0.5, 0.6) is 0 Å². The second-order valence-electron chi connectivity index (χ2n) is 12.8. The molecule has 0 radical (unpaired) electrons. The highest BCUT2D eigenvalue weighted by Gasteiger charge is 2.77. The summed E-state index contributed by atoms with van der Waals surface area (Å²) >= 11 is 0. The molecule has 1 saturated heterocycles. The SMILES string of the molecule is C=C[C@@]1(C)CC(=O)[C@]2(O)[C@]3(C)C(=C[C@H](OC(=O)CO)[C@@]2(C)O1)C(C)(C)CCC3O[Si](C)(C)CCCC. The molecule has 0 aromatic rings. The van der Waals surface area contributed by atoms with Crippen molar-refractivity contribution in [3.8, 4) is 0 Å². The minimum atomic E-state index is -2.13. The van der Waals surface area contributed by atoms with E-state index in [-0.39, 0.29) is 17.6 Å². The lowest BCUT2D eigenvalue weighted by molar-refractivity contribution is -0.304. The van der Waals surface area contributed by atoms with Gasteiger partial charge in [0.1, 0.15) is 12.2 Å². The summed E-state index contributed by atoms with van der Waals surface area (Å²) in [6.45, 7) is 19.1. The molecule has 2 aliphatic carbocycles. The van der Waals surface area contributed by atoms with Crippen molar-refractivity contribution in [1.82, 2.24) is 0 Å². The monoisotopic (exact) mass is 522 g/mol. The summed E-state index contributed by atoms with van der Waals surface area (Å²) in [5, 5.41) is 22.2. The van der Waals surface area contributed by atoms with Gasteiger partial charge in [0.05, 0.1) is 17.1 Å². The van der Waals surface area contributed by atoms with Gasteiger partial charge in [0.25, 0.3) is 0 Å². The van der Waals surface area contributed by atoms with E-state index in [1.165, 1.54) is 0 Å². The lowest BCUT2D eigenvalue weighted by Gasteiger charge is -2.67. The van der Waals surface area contributed by atoms with Gasteiger partial charge in [-0.3, -0.25) is 4.79 Å². The topological polar surface area (TPSA) is 102 Å². The number of fused-ring (bicyclic) bond motifs is 3. The molecule has 0 spiro atoms. The van der Waals surface area contributed by atoms with Gasteiger partial charge < -0.3 is 24.1 Å². The summed E-state index contributed by atoms with van der Waals surface area (Å²) in [6, 6.07) is 0.990. The minimum Gasteiger partial charge on any atom is -0.453 e. The van der Waals surface area contributed by atoms with Gasteiger partial charge in [-0.2, -0.15) is 0 Å². The zero-order chi connectivity index (χ0) is 27.4. The van der Waals surface area contributed by atoms with E-state index in [2.05, 4.69) is 40.4 Å². The Morgan fingerprint density at radius 2 is 1.92 bits per heavy atom. The number of hydrogen-bond donors (Lipinski definition) is 2. The highest BCUT2D eigenvalue weighted by Crippen LogP contribution is 2.65.